The normalized spacial score (nSPS) is 12.0. The summed E-state index contributed by atoms with van der Waals surface area (Å²) in [6.45, 7) is 6.45. The minimum atomic E-state index is -0.0342. The Balaban J connectivity index is 2.16. The molecule has 0 spiro atoms. The Morgan fingerprint density at radius 3 is 2.45 bits per heavy atom. The second kappa shape index (κ2) is 4.70. The Labute approximate surface area is 126 Å². The van der Waals surface area contributed by atoms with Crippen LogP contribution in [0.1, 0.15) is 20.8 Å². The van der Waals surface area contributed by atoms with Crippen molar-refractivity contribution in [3.8, 4) is 11.4 Å². The van der Waals surface area contributed by atoms with Crippen LogP contribution in [0.5, 0.6) is 0 Å². The lowest BCUT2D eigenvalue weighted by molar-refractivity contribution is 0.400. The zero-order valence-electron chi connectivity index (χ0n) is 11.8. The molecule has 0 atom stereocenters. The summed E-state index contributed by atoms with van der Waals surface area (Å²) in [6.07, 6.45) is 1.79. The van der Waals surface area contributed by atoms with Crippen molar-refractivity contribution in [3.05, 3.63) is 47.2 Å². The third kappa shape index (κ3) is 2.36. The van der Waals surface area contributed by atoms with Crippen LogP contribution < -0.4 is 0 Å². The summed E-state index contributed by atoms with van der Waals surface area (Å²) in [6, 6.07) is 12.7. The van der Waals surface area contributed by atoms with Gasteiger partial charge in [0.1, 0.15) is 6.33 Å². The topological polar surface area (TPSA) is 30.7 Å². The molecule has 0 fully saturated rings. The standard InChI is InChI=1S/C16H16BrN3/c1-16(2,3)20-10-18-19-15(20)13-5-4-12-9-14(17)7-6-11(12)8-13/h4-10H,1-3H3. The molecule has 0 bridgehead atoms. The number of halogens is 1. The first-order valence-corrected chi connectivity index (χ1v) is 7.35. The molecule has 0 N–H and O–H groups in total. The van der Waals surface area contributed by atoms with Crippen LogP contribution >= 0.6 is 15.9 Å². The number of aromatic nitrogens is 3. The van der Waals surface area contributed by atoms with E-state index in [2.05, 4.69) is 87.9 Å². The third-order valence-corrected chi connectivity index (χ3v) is 3.82. The molecule has 102 valence electrons. The Morgan fingerprint density at radius 1 is 1.00 bits per heavy atom. The Morgan fingerprint density at radius 2 is 1.70 bits per heavy atom. The molecule has 0 saturated carbocycles. The van der Waals surface area contributed by atoms with Crippen molar-refractivity contribution in [1.82, 2.24) is 14.8 Å². The fraction of sp³-hybridized carbons (Fsp3) is 0.250. The number of hydrogen-bond acceptors (Lipinski definition) is 2. The van der Waals surface area contributed by atoms with Crippen LogP contribution in [0.15, 0.2) is 47.2 Å². The Bertz CT molecular complexity index is 769. The minimum absolute atomic E-state index is 0.0342. The molecule has 4 heteroatoms. The van der Waals surface area contributed by atoms with Gasteiger partial charge in [-0.15, -0.1) is 10.2 Å². The van der Waals surface area contributed by atoms with Gasteiger partial charge in [0.15, 0.2) is 5.82 Å². The predicted molar refractivity (Wildman–Crippen MR) is 85.7 cm³/mol. The molecule has 2 aromatic carbocycles. The zero-order valence-corrected chi connectivity index (χ0v) is 13.3. The number of fused-ring (bicyclic) bond motifs is 1. The van der Waals surface area contributed by atoms with Gasteiger partial charge in [-0.3, -0.25) is 0 Å². The van der Waals surface area contributed by atoms with E-state index in [0.717, 1.165) is 15.9 Å². The summed E-state index contributed by atoms with van der Waals surface area (Å²) >= 11 is 3.50. The van der Waals surface area contributed by atoms with E-state index in [9.17, 15) is 0 Å². The number of nitrogens with zero attached hydrogens (tertiary/aromatic N) is 3. The van der Waals surface area contributed by atoms with Gasteiger partial charge in [0.05, 0.1) is 0 Å². The Hall–Kier alpha value is -1.68. The van der Waals surface area contributed by atoms with Crippen LogP contribution in [0.2, 0.25) is 0 Å². The molecular formula is C16H16BrN3. The van der Waals surface area contributed by atoms with Gasteiger partial charge in [-0.25, -0.2) is 0 Å². The molecular weight excluding hydrogens is 314 g/mol. The fourth-order valence-electron chi connectivity index (χ4n) is 2.28. The Kier molecular flexibility index (Phi) is 3.13. The van der Waals surface area contributed by atoms with Crippen LogP contribution in [-0.2, 0) is 5.54 Å². The molecule has 20 heavy (non-hydrogen) atoms. The van der Waals surface area contributed by atoms with Gasteiger partial charge in [-0.05, 0) is 49.7 Å². The van der Waals surface area contributed by atoms with Crippen molar-refractivity contribution < 1.29 is 0 Å². The van der Waals surface area contributed by atoms with Crippen molar-refractivity contribution in [2.24, 2.45) is 0 Å². The lowest BCUT2D eigenvalue weighted by Crippen LogP contribution is -2.21. The number of hydrogen-bond donors (Lipinski definition) is 0. The summed E-state index contributed by atoms with van der Waals surface area (Å²) in [4.78, 5) is 0. The maximum Gasteiger partial charge on any atom is 0.164 e. The minimum Gasteiger partial charge on any atom is -0.308 e. The van der Waals surface area contributed by atoms with Crippen LogP contribution in [0.4, 0.5) is 0 Å². The molecule has 0 aliphatic carbocycles. The largest absolute Gasteiger partial charge is 0.308 e. The zero-order chi connectivity index (χ0) is 14.3. The molecule has 3 rings (SSSR count). The molecule has 0 aliphatic heterocycles. The van der Waals surface area contributed by atoms with Crippen LogP contribution in [0, 0.1) is 0 Å². The number of rotatable bonds is 1. The van der Waals surface area contributed by atoms with Gasteiger partial charge in [-0.2, -0.15) is 0 Å². The van der Waals surface area contributed by atoms with E-state index >= 15 is 0 Å². The highest BCUT2D eigenvalue weighted by Crippen LogP contribution is 2.28. The van der Waals surface area contributed by atoms with E-state index < -0.39 is 0 Å². The molecule has 0 aliphatic rings. The van der Waals surface area contributed by atoms with E-state index in [1.807, 2.05) is 0 Å². The van der Waals surface area contributed by atoms with Crippen LogP contribution in [0.3, 0.4) is 0 Å². The molecule has 0 amide bonds. The summed E-state index contributed by atoms with van der Waals surface area (Å²) in [5.74, 6) is 0.905. The molecule has 0 saturated heterocycles. The van der Waals surface area contributed by atoms with Gasteiger partial charge in [0.25, 0.3) is 0 Å². The average molecular weight is 330 g/mol. The summed E-state index contributed by atoms with van der Waals surface area (Å²) < 4.78 is 3.20. The maximum absolute atomic E-state index is 4.28. The van der Waals surface area contributed by atoms with Gasteiger partial charge in [-0.1, -0.05) is 34.1 Å². The van der Waals surface area contributed by atoms with Gasteiger partial charge >= 0.3 is 0 Å². The highest BCUT2D eigenvalue weighted by Gasteiger charge is 2.18. The molecule has 1 heterocycles. The van der Waals surface area contributed by atoms with E-state index in [1.54, 1.807) is 6.33 Å². The quantitative estimate of drug-likeness (QED) is 0.652. The molecule has 0 radical (unpaired) electrons. The first-order chi connectivity index (χ1) is 9.45. The summed E-state index contributed by atoms with van der Waals surface area (Å²) in [5.41, 5.74) is 1.06. The van der Waals surface area contributed by atoms with Crippen LogP contribution in [-0.4, -0.2) is 14.8 Å². The van der Waals surface area contributed by atoms with Crippen molar-refractivity contribution >= 4 is 26.7 Å². The maximum atomic E-state index is 4.28. The fourth-order valence-corrected chi connectivity index (χ4v) is 2.66. The predicted octanol–water partition coefficient (Wildman–Crippen LogP) is 4.62. The van der Waals surface area contributed by atoms with Crippen molar-refractivity contribution in [3.63, 3.8) is 0 Å². The number of benzene rings is 2. The van der Waals surface area contributed by atoms with E-state index in [-0.39, 0.29) is 5.54 Å². The van der Waals surface area contributed by atoms with E-state index in [0.29, 0.717) is 0 Å². The monoisotopic (exact) mass is 329 g/mol. The van der Waals surface area contributed by atoms with Gasteiger partial charge in [0.2, 0.25) is 0 Å². The SMILES string of the molecule is CC(C)(C)n1cnnc1-c1ccc2cc(Br)ccc2c1. The summed E-state index contributed by atoms with van der Waals surface area (Å²) in [5, 5.41) is 10.8. The molecule has 3 aromatic rings. The van der Waals surface area contributed by atoms with Gasteiger partial charge in [0, 0.05) is 15.6 Å². The highest BCUT2D eigenvalue weighted by molar-refractivity contribution is 9.10. The van der Waals surface area contributed by atoms with E-state index in [1.165, 1.54) is 10.8 Å². The van der Waals surface area contributed by atoms with Gasteiger partial charge < -0.3 is 4.57 Å². The van der Waals surface area contributed by atoms with Crippen molar-refractivity contribution in [2.45, 2.75) is 26.3 Å². The van der Waals surface area contributed by atoms with Crippen molar-refractivity contribution in [2.75, 3.05) is 0 Å². The molecule has 1 aromatic heterocycles. The first kappa shape index (κ1) is 13.3. The third-order valence-electron chi connectivity index (χ3n) is 3.33. The lowest BCUT2D eigenvalue weighted by Gasteiger charge is -2.22. The highest BCUT2D eigenvalue weighted by atomic mass is 79.9. The molecule has 3 nitrogen and oxygen atoms in total. The second-order valence-corrected chi connectivity index (χ2v) is 6.82. The first-order valence-electron chi connectivity index (χ1n) is 6.55. The van der Waals surface area contributed by atoms with Crippen molar-refractivity contribution in [1.29, 1.82) is 0 Å². The average Bonchev–Trinajstić information content (AvgIpc) is 2.87. The molecule has 0 unspecified atom stereocenters. The van der Waals surface area contributed by atoms with E-state index in [4.69, 9.17) is 0 Å². The summed E-state index contributed by atoms with van der Waals surface area (Å²) in [7, 11) is 0. The van der Waals surface area contributed by atoms with Crippen LogP contribution in [0.25, 0.3) is 22.2 Å². The smallest absolute Gasteiger partial charge is 0.164 e. The second-order valence-electron chi connectivity index (χ2n) is 5.90. The lowest BCUT2D eigenvalue weighted by atomic mass is 10.0.